The van der Waals surface area contributed by atoms with E-state index in [9.17, 15) is 22.4 Å². The summed E-state index contributed by atoms with van der Waals surface area (Å²) in [7, 11) is 0. The molecule has 3 aromatic rings. The Labute approximate surface area is 132 Å². The lowest BCUT2D eigenvalue weighted by Crippen LogP contribution is -2.32. The van der Waals surface area contributed by atoms with Gasteiger partial charge in [-0.1, -0.05) is 6.07 Å². The van der Waals surface area contributed by atoms with Crippen molar-refractivity contribution in [3.63, 3.8) is 0 Å². The van der Waals surface area contributed by atoms with Crippen molar-refractivity contribution in [2.45, 2.75) is 6.11 Å². The Kier molecular flexibility index (Phi) is 3.94. The normalized spacial score (nSPS) is 11.7. The summed E-state index contributed by atoms with van der Waals surface area (Å²) >= 11 is 0. The minimum Gasteiger partial charge on any atom is -0.360 e. The number of hydrogen-bond donors (Lipinski definition) is 2. The van der Waals surface area contributed by atoms with Gasteiger partial charge in [0.2, 0.25) is 0 Å². The molecule has 9 heteroatoms. The molecule has 2 N–H and O–H groups in total. The third-order valence-electron chi connectivity index (χ3n) is 3.21. The molecule has 0 aliphatic rings. The average molecular weight is 339 g/mol. The molecule has 0 unspecified atom stereocenters. The number of aromatic nitrogens is 2. The summed E-state index contributed by atoms with van der Waals surface area (Å²) in [5.41, 5.74) is 0.670. The molecule has 0 atom stereocenters. The van der Waals surface area contributed by atoms with Crippen molar-refractivity contribution < 1.29 is 27.2 Å². The van der Waals surface area contributed by atoms with Crippen LogP contribution >= 0.6 is 0 Å². The molecule has 0 spiro atoms. The minimum absolute atomic E-state index is 0.0387. The highest BCUT2D eigenvalue weighted by molar-refractivity contribution is 5.91. The average Bonchev–Trinajstić information content (AvgIpc) is 2.97. The minimum atomic E-state index is -3.98. The topological polar surface area (TPSA) is 67.0 Å². The number of hydrogen-bond acceptors (Lipinski definition) is 3. The molecule has 0 saturated carbocycles. The van der Waals surface area contributed by atoms with Crippen LogP contribution in [0.1, 0.15) is 16.1 Å². The fourth-order valence-corrected chi connectivity index (χ4v) is 2.07. The summed E-state index contributed by atoms with van der Waals surface area (Å²) in [4.78, 5) is 21.9. The predicted octanol–water partition coefficient (Wildman–Crippen LogP) is 3.25. The number of alkyl halides is 2. The molecule has 0 radical (unpaired) electrons. The number of H-pyrrole nitrogens is 1. The van der Waals surface area contributed by atoms with Gasteiger partial charge in [0.1, 0.15) is 5.69 Å². The van der Waals surface area contributed by atoms with Crippen LogP contribution in [0.25, 0.3) is 10.9 Å². The van der Waals surface area contributed by atoms with E-state index in [-0.39, 0.29) is 16.6 Å². The van der Waals surface area contributed by atoms with Crippen LogP contribution in [0.5, 0.6) is 0 Å². The van der Waals surface area contributed by atoms with Gasteiger partial charge < -0.3 is 4.98 Å². The maximum Gasteiger partial charge on any atom is 0.404 e. The van der Waals surface area contributed by atoms with E-state index in [0.29, 0.717) is 6.07 Å². The lowest BCUT2D eigenvalue weighted by Gasteiger charge is -2.16. The Morgan fingerprint density at radius 3 is 2.67 bits per heavy atom. The van der Waals surface area contributed by atoms with Gasteiger partial charge in [0.05, 0.1) is 5.56 Å². The van der Waals surface area contributed by atoms with Crippen LogP contribution in [0, 0.1) is 11.6 Å². The number of nitrogens with one attached hydrogen (secondary N) is 2. The monoisotopic (exact) mass is 339 g/mol. The summed E-state index contributed by atoms with van der Waals surface area (Å²) < 4.78 is 54.7. The summed E-state index contributed by atoms with van der Waals surface area (Å²) in [5.74, 6) is -3.44. The molecule has 2 aromatic heterocycles. The number of carbonyl (C=O) groups is 1. The van der Waals surface area contributed by atoms with Crippen molar-refractivity contribution in [3.05, 3.63) is 65.6 Å². The molecule has 0 fully saturated rings. The first kappa shape index (κ1) is 15.9. The number of carbonyl (C=O) groups excluding carboxylic acids is 1. The van der Waals surface area contributed by atoms with Gasteiger partial charge in [0, 0.05) is 29.4 Å². The van der Waals surface area contributed by atoms with Crippen molar-refractivity contribution in [3.8, 4) is 0 Å². The summed E-state index contributed by atoms with van der Waals surface area (Å²) in [6.45, 7) is 0. The number of rotatable bonds is 4. The molecule has 0 saturated heterocycles. The highest BCUT2D eigenvalue weighted by atomic mass is 19.3. The predicted molar refractivity (Wildman–Crippen MR) is 74.9 cm³/mol. The van der Waals surface area contributed by atoms with E-state index in [0.717, 1.165) is 12.3 Å². The second-order valence-corrected chi connectivity index (χ2v) is 4.78. The number of benzene rings is 1. The van der Waals surface area contributed by atoms with E-state index in [4.69, 9.17) is 0 Å². The van der Waals surface area contributed by atoms with E-state index in [1.807, 2.05) is 0 Å². The first-order valence-corrected chi connectivity index (χ1v) is 6.62. The fraction of sp³-hybridized carbons (Fsp3) is 0.0667. The number of aromatic amines is 1. The van der Waals surface area contributed by atoms with Crippen molar-refractivity contribution in [1.29, 1.82) is 0 Å². The Hall–Kier alpha value is -2.94. The molecule has 0 aliphatic carbocycles. The maximum absolute atomic E-state index is 14.1. The zero-order chi connectivity index (χ0) is 17.3. The van der Waals surface area contributed by atoms with Crippen molar-refractivity contribution in [2.24, 2.45) is 0 Å². The second-order valence-electron chi connectivity index (χ2n) is 4.78. The summed E-state index contributed by atoms with van der Waals surface area (Å²) in [5, 5.41) is -0.272. The van der Waals surface area contributed by atoms with E-state index >= 15 is 0 Å². The summed E-state index contributed by atoms with van der Waals surface area (Å²) in [6.07, 6.45) is -1.83. The van der Waals surface area contributed by atoms with Crippen LogP contribution in [0.15, 0.2) is 42.7 Å². The highest BCUT2D eigenvalue weighted by Gasteiger charge is 2.37. The Balaban J connectivity index is 1.83. The van der Waals surface area contributed by atoms with Crippen LogP contribution in [-0.4, -0.2) is 15.9 Å². The van der Waals surface area contributed by atoms with Gasteiger partial charge in [-0.3, -0.25) is 9.78 Å². The molecular formula is C15H9F4N3O2. The number of amides is 1. The maximum atomic E-state index is 14.1. The van der Waals surface area contributed by atoms with Gasteiger partial charge in [0.15, 0.2) is 11.6 Å². The van der Waals surface area contributed by atoms with Gasteiger partial charge in [0.25, 0.3) is 5.91 Å². The zero-order valence-electron chi connectivity index (χ0n) is 11.8. The van der Waals surface area contributed by atoms with Crippen LogP contribution < -0.4 is 5.48 Å². The van der Waals surface area contributed by atoms with Crippen molar-refractivity contribution >= 4 is 16.8 Å². The number of hydroxylamine groups is 1. The van der Waals surface area contributed by atoms with Gasteiger partial charge in [-0.15, -0.1) is 0 Å². The fourth-order valence-electron chi connectivity index (χ4n) is 2.07. The van der Waals surface area contributed by atoms with Gasteiger partial charge in [-0.05, 0) is 18.2 Å². The molecule has 1 aromatic carbocycles. The number of halogens is 4. The molecule has 5 nitrogen and oxygen atoms in total. The third-order valence-corrected chi connectivity index (χ3v) is 3.21. The molecule has 3 rings (SSSR count). The highest BCUT2D eigenvalue weighted by Crippen LogP contribution is 2.34. The third kappa shape index (κ3) is 2.93. The van der Waals surface area contributed by atoms with E-state index < -0.39 is 29.2 Å². The Bertz CT molecular complexity index is 896. The standard InChI is InChI=1S/C15H9F4N3O2/c16-10-5-8-9(7-21-13(8)6-11(10)17)15(18,19)24-22-14(23)12-3-1-2-4-20-12/h1-7,21H,(H,22,23). The van der Waals surface area contributed by atoms with Gasteiger partial charge >= 0.3 is 6.11 Å². The SMILES string of the molecule is O=C(NOC(F)(F)c1c[nH]c2cc(F)c(F)cc12)c1ccccn1. The van der Waals surface area contributed by atoms with Crippen LogP contribution in [0.4, 0.5) is 17.6 Å². The molecule has 124 valence electrons. The number of nitrogens with zero attached hydrogens (tertiary/aromatic N) is 1. The first-order valence-electron chi connectivity index (χ1n) is 6.62. The molecule has 24 heavy (non-hydrogen) atoms. The van der Waals surface area contributed by atoms with Crippen LogP contribution in [0.2, 0.25) is 0 Å². The van der Waals surface area contributed by atoms with Gasteiger partial charge in [-0.2, -0.15) is 13.6 Å². The molecule has 2 heterocycles. The number of pyridine rings is 1. The lowest BCUT2D eigenvalue weighted by atomic mass is 10.1. The number of fused-ring (bicyclic) bond motifs is 1. The molecule has 0 bridgehead atoms. The zero-order valence-corrected chi connectivity index (χ0v) is 11.8. The molecule has 0 aliphatic heterocycles. The summed E-state index contributed by atoms with van der Waals surface area (Å²) in [6, 6.07) is 5.72. The quantitative estimate of drug-likeness (QED) is 0.566. The van der Waals surface area contributed by atoms with E-state index in [1.165, 1.54) is 18.3 Å². The van der Waals surface area contributed by atoms with E-state index in [2.05, 4.69) is 14.8 Å². The Morgan fingerprint density at radius 1 is 1.21 bits per heavy atom. The lowest BCUT2D eigenvalue weighted by molar-refractivity contribution is -0.271. The van der Waals surface area contributed by atoms with Crippen molar-refractivity contribution in [1.82, 2.24) is 15.4 Å². The van der Waals surface area contributed by atoms with Gasteiger partial charge in [-0.25, -0.2) is 14.3 Å². The Morgan fingerprint density at radius 2 is 1.96 bits per heavy atom. The molecular weight excluding hydrogens is 330 g/mol. The largest absolute Gasteiger partial charge is 0.404 e. The van der Waals surface area contributed by atoms with Crippen molar-refractivity contribution in [2.75, 3.05) is 0 Å². The van der Waals surface area contributed by atoms with E-state index in [1.54, 1.807) is 11.5 Å². The smallest absolute Gasteiger partial charge is 0.360 e. The van der Waals surface area contributed by atoms with Crippen LogP contribution in [0.3, 0.4) is 0 Å². The first-order chi connectivity index (χ1) is 11.4. The molecule has 1 amide bonds. The second kappa shape index (κ2) is 5.93. The van der Waals surface area contributed by atoms with Crippen LogP contribution in [-0.2, 0) is 10.9 Å².